The third-order valence-electron chi connectivity index (χ3n) is 4.73. The molecule has 0 aliphatic heterocycles. The molecule has 1 amide bonds. The summed E-state index contributed by atoms with van der Waals surface area (Å²) >= 11 is 0. The van der Waals surface area contributed by atoms with E-state index in [0.717, 1.165) is 17.0 Å². The van der Waals surface area contributed by atoms with Crippen molar-refractivity contribution in [1.29, 1.82) is 0 Å². The molecule has 2 aromatic carbocycles. The van der Waals surface area contributed by atoms with Crippen LogP contribution >= 0.6 is 0 Å². The lowest BCUT2D eigenvalue weighted by Crippen LogP contribution is -2.26. The van der Waals surface area contributed by atoms with Gasteiger partial charge in [0.1, 0.15) is 5.58 Å². The normalized spacial score (nSPS) is 11.4. The van der Waals surface area contributed by atoms with Gasteiger partial charge in [-0.2, -0.15) is 8.42 Å². The lowest BCUT2D eigenvalue weighted by Gasteiger charge is -2.13. The van der Waals surface area contributed by atoms with E-state index < -0.39 is 27.7 Å². The van der Waals surface area contributed by atoms with Crippen LogP contribution in [0.25, 0.3) is 11.0 Å². The molecular formula is C21H22FN3O6S. The number of fused-ring (bicyclic) bond motifs is 1. The minimum atomic E-state index is -3.69. The van der Waals surface area contributed by atoms with Crippen molar-refractivity contribution in [3.05, 3.63) is 69.3 Å². The standard InChI is InChI=1S/C21H22FN3O6S/c1-12-15-10-17(22)19(31-21(27)25(3)4)11-18(15)30-20(26)16(12)9-13-6-5-7-14(8-13)24-32(28,29)23-2/h5-8,10-11,23-24H,9H2,1-4H3. The van der Waals surface area contributed by atoms with Crippen molar-refractivity contribution in [3.63, 3.8) is 0 Å². The molecule has 0 saturated heterocycles. The van der Waals surface area contributed by atoms with E-state index in [2.05, 4.69) is 9.44 Å². The van der Waals surface area contributed by atoms with Gasteiger partial charge in [-0.3, -0.25) is 4.72 Å². The second-order valence-electron chi connectivity index (χ2n) is 7.22. The molecule has 32 heavy (non-hydrogen) atoms. The molecule has 0 bridgehead atoms. The largest absolute Gasteiger partial charge is 0.422 e. The first-order valence-electron chi connectivity index (χ1n) is 9.46. The first kappa shape index (κ1) is 23.2. The number of anilines is 1. The van der Waals surface area contributed by atoms with Gasteiger partial charge in [0.15, 0.2) is 11.6 Å². The Balaban J connectivity index is 1.98. The minimum absolute atomic E-state index is 0.0785. The number of ether oxygens (including phenoxy) is 1. The summed E-state index contributed by atoms with van der Waals surface area (Å²) in [6, 6.07) is 8.84. The molecule has 0 spiro atoms. The van der Waals surface area contributed by atoms with Crippen LogP contribution < -0.4 is 19.8 Å². The summed E-state index contributed by atoms with van der Waals surface area (Å²) in [4.78, 5) is 25.5. The summed E-state index contributed by atoms with van der Waals surface area (Å²) in [5, 5.41) is 0.355. The van der Waals surface area contributed by atoms with Gasteiger partial charge in [-0.25, -0.2) is 18.7 Å². The Labute approximate surface area is 184 Å². The van der Waals surface area contributed by atoms with Crippen molar-refractivity contribution >= 4 is 33.0 Å². The molecule has 9 nitrogen and oxygen atoms in total. The zero-order chi connectivity index (χ0) is 23.6. The molecule has 0 aliphatic rings. The van der Waals surface area contributed by atoms with E-state index in [9.17, 15) is 22.4 Å². The average molecular weight is 463 g/mol. The van der Waals surface area contributed by atoms with Gasteiger partial charge in [0.2, 0.25) is 0 Å². The fourth-order valence-electron chi connectivity index (χ4n) is 3.01. The molecule has 3 rings (SSSR count). The highest BCUT2D eigenvalue weighted by Gasteiger charge is 2.18. The highest BCUT2D eigenvalue weighted by atomic mass is 32.2. The fourth-order valence-corrected chi connectivity index (χ4v) is 3.55. The molecule has 1 heterocycles. The number of halogens is 1. The van der Waals surface area contributed by atoms with Crippen LogP contribution in [0.1, 0.15) is 16.7 Å². The Hall–Kier alpha value is -3.44. The molecule has 0 fully saturated rings. The van der Waals surface area contributed by atoms with Gasteiger partial charge in [0.25, 0.3) is 10.2 Å². The van der Waals surface area contributed by atoms with E-state index >= 15 is 0 Å². The van der Waals surface area contributed by atoms with E-state index in [1.807, 2.05) is 0 Å². The molecule has 1 aromatic heterocycles. The maximum absolute atomic E-state index is 14.5. The van der Waals surface area contributed by atoms with Crippen molar-refractivity contribution in [2.24, 2.45) is 0 Å². The van der Waals surface area contributed by atoms with Crippen molar-refractivity contribution in [2.45, 2.75) is 13.3 Å². The average Bonchev–Trinajstić information content (AvgIpc) is 2.72. The van der Waals surface area contributed by atoms with Crippen LogP contribution in [0.15, 0.2) is 45.6 Å². The molecule has 3 aromatic rings. The van der Waals surface area contributed by atoms with Crippen molar-refractivity contribution in [2.75, 3.05) is 25.9 Å². The Morgan fingerprint density at radius 1 is 1.22 bits per heavy atom. The van der Waals surface area contributed by atoms with E-state index in [-0.39, 0.29) is 17.8 Å². The number of carbonyl (C=O) groups excluding carboxylic acids is 1. The van der Waals surface area contributed by atoms with Crippen molar-refractivity contribution in [1.82, 2.24) is 9.62 Å². The first-order chi connectivity index (χ1) is 15.0. The summed E-state index contributed by atoms with van der Waals surface area (Å²) in [5.74, 6) is -1.13. The second-order valence-corrected chi connectivity index (χ2v) is 8.84. The summed E-state index contributed by atoms with van der Waals surface area (Å²) in [5.41, 5.74) is 1.21. The van der Waals surface area contributed by atoms with Gasteiger partial charge in [-0.1, -0.05) is 12.1 Å². The number of hydrogen-bond donors (Lipinski definition) is 2. The number of nitrogens with one attached hydrogen (secondary N) is 2. The topological polar surface area (TPSA) is 118 Å². The Morgan fingerprint density at radius 2 is 1.94 bits per heavy atom. The van der Waals surface area contributed by atoms with E-state index in [1.54, 1.807) is 31.2 Å². The molecule has 0 aliphatic carbocycles. The Bertz CT molecular complexity index is 1350. The summed E-state index contributed by atoms with van der Waals surface area (Å²) < 4.78 is 52.8. The molecular weight excluding hydrogens is 441 g/mol. The molecule has 0 radical (unpaired) electrons. The van der Waals surface area contributed by atoms with E-state index in [1.165, 1.54) is 21.1 Å². The summed E-state index contributed by atoms with van der Waals surface area (Å²) in [7, 11) is 0.498. The number of nitrogens with zero attached hydrogens (tertiary/aromatic N) is 1. The predicted octanol–water partition coefficient (Wildman–Crippen LogP) is 2.77. The van der Waals surface area contributed by atoms with Crippen LogP contribution in [-0.4, -0.2) is 40.6 Å². The zero-order valence-electron chi connectivity index (χ0n) is 17.9. The lowest BCUT2D eigenvalue weighted by molar-refractivity contribution is 0.170. The molecule has 0 atom stereocenters. The zero-order valence-corrected chi connectivity index (χ0v) is 18.7. The summed E-state index contributed by atoms with van der Waals surface area (Å²) in [6.07, 6.45) is -0.634. The van der Waals surface area contributed by atoms with E-state index in [0.29, 0.717) is 27.8 Å². The van der Waals surface area contributed by atoms with Gasteiger partial charge in [-0.15, -0.1) is 0 Å². The van der Waals surface area contributed by atoms with Crippen LogP contribution in [0.4, 0.5) is 14.9 Å². The Kier molecular flexibility index (Phi) is 6.51. The van der Waals surface area contributed by atoms with Crippen LogP contribution in [0.2, 0.25) is 0 Å². The Morgan fingerprint density at radius 3 is 2.59 bits per heavy atom. The molecule has 0 unspecified atom stereocenters. The third-order valence-corrected chi connectivity index (χ3v) is 5.77. The second kappa shape index (κ2) is 8.97. The maximum Gasteiger partial charge on any atom is 0.414 e. The SMILES string of the molecule is CNS(=O)(=O)Nc1cccc(Cc2c(C)c3cc(F)c(OC(=O)N(C)C)cc3oc2=O)c1. The molecule has 170 valence electrons. The van der Waals surface area contributed by atoms with Crippen LogP contribution in [0, 0.1) is 12.7 Å². The first-order valence-corrected chi connectivity index (χ1v) is 10.9. The van der Waals surface area contributed by atoms with Gasteiger partial charge in [-0.05, 0) is 36.2 Å². The van der Waals surface area contributed by atoms with Gasteiger partial charge < -0.3 is 14.1 Å². The minimum Gasteiger partial charge on any atom is -0.422 e. The number of benzene rings is 2. The van der Waals surface area contributed by atoms with E-state index in [4.69, 9.17) is 9.15 Å². The van der Waals surface area contributed by atoms with Gasteiger partial charge in [0.05, 0.1) is 5.69 Å². The third kappa shape index (κ3) is 5.06. The van der Waals surface area contributed by atoms with Gasteiger partial charge >= 0.3 is 11.7 Å². The number of carbonyl (C=O) groups is 1. The summed E-state index contributed by atoms with van der Waals surface area (Å²) in [6.45, 7) is 1.66. The predicted molar refractivity (Wildman–Crippen MR) is 118 cm³/mol. The van der Waals surface area contributed by atoms with Crippen LogP contribution in [0.3, 0.4) is 0 Å². The number of aryl methyl sites for hydroxylation is 1. The monoisotopic (exact) mass is 463 g/mol. The molecule has 11 heteroatoms. The highest BCUT2D eigenvalue weighted by Crippen LogP contribution is 2.28. The quantitative estimate of drug-likeness (QED) is 0.543. The van der Waals surface area contributed by atoms with Gasteiger partial charge in [0, 0.05) is 44.6 Å². The van der Waals surface area contributed by atoms with Crippen LogP contribution in [0.5, 0.6) is 5.75 Å². The molecule has 2 N–H and O–H groups in total. The fraction of sp³-hybridized carbons (Fsp3) is 0.238. The lowest BCUT2D eigenvalue weighted by atomic mass is 9.99. The highest BCUT2D eigenvalue weighted by molar-refractivity contribution is 7.90. The van der Waals surface area contributed by atoms with Crippen molar-refractivity contribution in [3.8, 4) is 5.75 Å². The number of hydrogen-bond acceptors (Lipinski definition) is 6. The number of rotatable bonds is 6. The maximum atomic E-state index is 14.5. The number of amides is 1. The molecule has 0 saturated carbocycles. The van der Waals surface area contributed by atoms with Crippen LogP contribution in [-0.2, 0) is 16.6 Å². The van der Waals surface area contributed by atoms with Crippen molar-refractivity contribution < 1.29 is 26.8 Å². The smallest absolute Gasteiger partial charge is 0.414 e.